The first-order valence-electron chi connectivity index (χ1n) is 5.39. The van der Waals surface area contributed by atoms with Crippen molar-refractivity contribution < 1.29 is 20.4 Å². The normalized spacial score (nSPS) is 11.7. The van der Waals surface area contributed by atoms with Crippen molar-refractivity contribution in [3.8, 4) is 0 Å². The van der Waals surface area contributed by atoms with Gasteiger partial charge in [0.1, 0.15) is 0 Å². The van der Waals surface area contributed by atoms with Crippen molar-refractivity contribution in [3.63, 3.8) is 0 Å². The molecule has 0 radical (unpaired) electrons. The molecule has 0 aromatic heterocycles. The number of aliphatic hydroxyl groups is 4. The van der Waals surface area contributed by atoms with E-state index in [4.69, 9.17) is 20.4 Å². The lowest BCUT2D eigenvalue weighted by atomic mass is 10.0. The van der Waals surface area contributed by atoms with Crippen LogP contribution in [0.3, 0.4) is 0 Å². The molecule has 6 N–H and O–H groups in total. The second-order valence-electron chi connectivity index (χ2n) is 4.61. The SMILES string of the molecule is CC(CO)(CO)NCCNC(C)(CO)CO.Cl.Cl. The van der Waals surface area contributed by atoms with E-state index in [1.165, 1.54) is 0 Å². The van der Waals surface area contributed by atoms with Crippen LogP contribution < -0.4 is 10.6 Å². The van der Waals surface area contributed by atoms with Gasteiger partial charge in [0, 0.05) is 13.1 Å². The fourth-order valence-corrected chi connectivity index (χ4v) is 1.05. The quantitative estimate of drug-likeness (QED) is 0.290. The maximum Gasteiger partial charge on any atom is 0.0633 e. The minimum absolute atomic E-state index is 0. The Bertz CT molecular complexity index is 171. The third-order valence-electron chi connectivity index (χ3n) is 2.62. The van der Waals surface area contributed by atoms with Gasteiger partial charge in [-0.1, -0.05) is 0 Å². The maximum atomic E-state index is 9.01. The van der Waals surface area contributed by atoms with E-state index in [1.807, 2.05) is 0 Å². The molecule has 0 fully saturated rings. The van der Waals surface area contributed by atoms with E-state index in [0.29, 0.717) is 13.1 Å². The number of halogens is 2. The van der Waals surface area contributed by atoms with Gasteiger partial charge in [0.05, 0.1) is 37.5 Å². The third kappa shape index (κ3) is 8.44. The topological polar surface area (TPSA) is 105 Å². The summed E-state index contributed by atoms with van der Waals surface area (Å²) < 4.78 is 0. The Morgan fingerprint density at radius 1 is 0.667 bits per heavy atom. The molecule has 0 spiro atoms. The van der Waals surface area contributed by atoms with Gasteiger partial charge in [-0.05, 0) is 13.8 Å². The summed E-state index contributed by atoms with van der Waals surface area (Å²) in [6, 6.07) is 0. The molecule has 18 heavy (non-hydrogen) atoms. The molecule has 8 heteroatoms. The van der Waals surface area contributed by atoms with Crippen molar-refractivity contribution in [2.24, 2.45) is 0 Å². The second kappa shape index (κ2) is 11.2. The average Bonchev–Trinajstić information content (AvgIpc) is 2.34. The van der Waals surface area contributed by atoms with Gasteiger partial charge < -0.3 is 31.1 Å². The van der Waals surface area contributed by atoms with Gasteiger partial charge in [0.15, 0.2) is 0 Å². The van der Waals surface area contributed by atoms with Gasteiger partial charge in [-0.25, -0.2) is 0 Å². The highest BCUT2D eigenvalue weighted by molar-refractivity contribution is 5.85. The first kappa shape index (κ1) is 23.4. The Morgan fingerprint density at radius 2 is 0.889 bits per heavy atom. The fourth-order valence-electron chi connectivity index (χ4n) is 1.05. The Morgan fingerprint density at radius 3 is 1.06 bits per heavy atom. The zero-order valence-corrected chi connectivity index (χ0v) is 12.5. The number of rotatable bonds is 9. The van der Waals surface area contributed by atoms with Crippen LogP contribution in [0.25, 0.3) is 0 Å². The molecular weight excluding hydrogens is 283 g/mol. The van der Waals surface area contributed by atoms with Crippen molar-refractivity contribution in [1.29, 1.82) is 0 Å². The highest BCUT2D eigenvalue weighted by Gasteiger charge is 2.23. The summed E-state index contributed by atoms with van der Waals surface area (Å²) in [5, 5.41) is 42.0. The predicted octanol–water partition coefficient (Wildman–Crippen LogP) is -1.50. The molecule has 0 unspecified atom stereocenters. The van der Waals surface area contributed by atoms with Gasteiger partial charge in [-0.3, -0.25) is 0 Å². The molecule has 0 rings (SSSR count). The summed E-state index contributed by atoms with van der Waals surface area (Å²) >= 11 is 0. The molecule has 0 aromatic rings. The van der Waals surface area contributed by atoms with E-state index < -0.39 is 11.1 Å². The molecule has 0 saturated carbocycles. The second-order valence-corrected chi connectivity index (χ2v) is 4.61. The summed E-state index contributed by atoms with van der Waals surface area (Å²) in [6.07, 6.45) is 0. The zero-order chi connectivity index (χ0) is 12.7. The minimum Gasteiger partial charge on any atom is -0.394 e. The Balaban J connectivity index is -0.00000112. The van der Waals surface area contributed by atoms with Crippen LogP contribution in [-0.2, 0) is 0 Å². The van der Waals surface area contributed by atoms with Gasteiger partial charge in [-0.2, -0.15) is 0 Å². The predicted molar refractivity (Wildman–Crippen MR) is 75.7 cm³/mol. The Kier molecular flexibility index (Phi) is 14.6. The van der Waals surface area contributed by atoms with E-state index in [-0.39, 0.29) is 51.2 Å². The molecule has 0 saturated heterocycles. The lowest BCUT2D eigenvalue weighted by Crippen LogP contribution is -2.54. The molecule has 0 heterocycles. The Labute approximate surface area is 121 Å². The number of hydrogen-bond donors (Lipinski definition) is 6. The molecule has 6 nitrogen and oxygen atoms in total. The lowest BCUT2D eigenvalue weighted by Gasteiger charge is -2.29. The molecule has 0 aliphatic rings. The average molecular weight is 309 g/mol. The number of nitrogens with one attached hydrogen (secondary N) is 2. The van der Waals surface area contributed by atoms with Crippen molar-refractivity contribution in [2.45, 2.75) is 24.9 Å². The van der Waals surface area contributed by atoms with E-state index >= 15 is 0 Å². The molecule has 0 bridgehead atoms. The third-order valence-corrected chi connectivity index (χ3v) is 2.62. The number of hydrogen-bond acceptors (Lipinski definition) is 6. The monoisotopic (exact) mass is 308 g/mol. The van der Waals surface area contributed by atoms with Crippen LogP contribution >= 0.6 is 24.8 Å². The molecule has 0 atom stereocenters. The number of aliphatic hydroxyl groups excluding tert-OH is 4. The van der Waals surface area contributed by atoms with Gasteiger partial charge in [0.2, 0.25) is 0 Å². The van der Waals surface area contributed by atoms with Crippen LogP contribution in [0.15, 0.2) is 0 Å². The first-order chi connectivity index (χ1) is 7.45. The summed E-state index contributed by atoms with van der Waals surface area (Å²) in [7, 11) is 0. The maximum absolute atomic E-state index is 9.01. The zero-order valence-electron chi connectivity index (χ0n) is 10.8. The highest BCUT2D eigenvalue weighted by atomic mass is 35.5. The first-order valence-corrected chi connectivity index (χ1v) is 5.39. The molecule has 0 aromatic carbocycles. The van der Waals surface area contributed by atoms with Crippen LogP contribution in [0.1, 0.15) is 13.8 Å². The van der Waals surface area contributed by atoms with Crippen LogP contribution in [0.5, 0.6) is 0 Å². The molecule has 0 amide bonds. The summed E-state index contributed by atoms with van der Waals surface area (Å²) in [6.45, 7) is 3.86. The smallest absolute Gasteiger partial charge is 0.0633 e. The summed E-state index contributed by atoms with van der Waals surface area (Å²) in [5.74, 6) is 0. The van der Waals surface area contributed by atoms with E-state index in [1.54, 1.807) is 13.8 Å². The Hall–Kier alpha value is 0.340. The summed E-state index contributed by atoms with van der Waals surface area (Å²) in [4.78, 5) is 0. The molecule has 0 aliphatic heterocycles. The highest BCUT2D eigenvalue weighted by Crippen LogP contribution is 2.01. The van der Waals surface area contributed by atoms with Gasteiger partial charge in [0.25, 0.3) is 0 Å². The van der Waals surface area contributed by atoms with Gasteiger partial charge >= 0.3 is 0 Å². The van der Waals surface area contributed by atoms with E-state index in [2.05, 4.69) is 10.6 Å². The van der Waals surface area contributed by atoms with Crippen LogP contribution in [0.4, 0.5) is 0 Å². The molecule has 0 aliphatic carbocycles. The van der Waals surface area contributed by atoms with Crippen LogP contribution in [0.2, 0.25) is 0 Å². The van der Waals surface area contributed by atoms with Crippen molar-refractivity contribution in [3.05, 3.63) is 0 Å². The minimum atomic E-state index is -0.698. The van der Waals surface area contributed by atoms with E-state index in [9.17, 15) is 0 Å². The van der Waals surface area contributed by atoms with Crippen molar-refractivity contribution in [2.75, 3.05) is 39.5 Å². The fraction of sp³-hybridized carbons (Fsp3) is 1.00. The van der Waals surface area contributed by atoms with Crippen LogP contribution in [0, 0.1) is 0 Å². The van der Waals surface area contributed by atoms with Gasteiger partial charge in [-0.15, -0.1) is 24.8 Å². The van der Waals surface area contributed by atoms with Crippen LogP contribution in [-0.4, -0.2) is 71.0 Å². The largest absolute Gasteiger partial charge is 0.394 e. The standard InChI is InChI=1S/C10H24N2O4.2ClH/c1-9(5-13,6-14)11-3-4-12-10(2,7-15)8-16;;/h11-16H,3-8H2,1-2H3;2*1H. The molecule has 114 valence electrons. The lowest BCUT2D eigenvalue weighted by molar-refractivity contribution is 0.0934. The molecular formula is C10H26Cl2N2O4. The van der Waals surface area contributed by atoms with Crippen molar-refractivity contribution in [1.82, 2.24) is 10.6 Å². The summed E-state index contributed by atoms with van der Waals surface area (Å²) in [5.41, 5.74) is -1.40. The van der Waals surface area contributed by atoms with E-state index in [0.717, 1.165) is 0 Å². The van der Waals surface area contributed by atoms with Crippen molar-refractivity contribution >= 4 is 24.8 Å².